The Labute approximate surface area is 138 Å². The minimum Gasteiger partial charge on any atom is -0.336 e. The molecule has 3 rings (SSSR count). The maximum absolute atomic E-state index is 12.6. The summed E-state index contributed by atoms with van der Waals surface area (Å²) in [5.74, 6) is 0.0751. The largest absolute Gasteiger partial charge is 0.336 e. The van der Waals surface area contributed by atoms with E-state index >= 15 is 0 Å². The van der Waals surface area contributed by atoms with Gasteiger partial charge >= 0.3 is 0 Å². The summed E-state index contributed by atoms with van der Waals surface area (Å²) in [6.45, 7) is 3.64. The van der Waals surface area contributed by atoms with Gasteiger partial charge < -0.3 is 4.90 Å². The maximum Gasteiger partial charge on any atom is 0.255 e. The zero-order chi connectivity index (χ0) is 15.4. The van der Waals surface area contributed by atoms with E-state index in [9.17, 15) is 4.79 Å². The van der Waals surface area contributed by atoms with Crippen LogP contribution in [-0.4, -0.2) is 47.9 Å². The average Bonchev–Trinajstić information content (AvgIpc) is 2.84. The second-order valence-corrected chi connectivity index (χ2v) is 6.86. The molecule has 1 heterocycles. The first-order valence-electron chi connectivity index (χ1n) is 8.53. The fraction of sp³-hybridized carbons (Fsp3) is 0.611. The highest BCUT2D eigenvalue weighted by Gasteiger charge is 2.27. The smallest absolute Gasteiger partial charge is 0.255 e. The third kappa shape index (κ3) is 3.64. The summed E-state index contributed by atoms with van der Waals surface area (Å²) < 4.78 is 0. The molecule has 1 aliphatic carbocycles. The molecule has 2 fully saturated rings. The predicted octanol–water partition coefficient (Wildman–Crippen LogP) is 3.82. The Balaban J connectivity index is 1.57. The lowest BCUT2D eigenvalue weighted by atomic mass is 10.1. The van der Waals surface area contributed by atoms with Crippen molar-refractivity contribution in [1.82, 2.24) is 9.80 Å². The number of hydrogen-bond donors (Lipinski definition) is 0. The molecule has 1 aromatic rings. The fourth-order valence-electron chi connectivity index (χ4n) is 3.72. The predicted molar refractivity (Wildman–Crippen MR) is 90.4 cm³/mol. The van der Waals surface area contributed by atoms with Crippen molar-refractivity contribution < 1.29 is 4.79 Å². The number of piperazine rings is 1. The van der Waals surface area contributed by atoms with Crippen LogP contribution in [0.3, 0.4) is 0 Å². The Kier molecular flexibility index (Phi) is 5.37. The molecule has 0 spiro atoms. The van der Waals surface area contributed by atoms with Gasteiger partial charge in [-0.25, -0.2) is 0 Å². The Morgan fingerprint density at radius 1 is 0.955 bits per heavy atom. The highest BCUT2D eigenvalue weighted by molar-refractivity contribution is 6.33. The lowest BCUT2D eigenvalue weighted by Gasteiger charge is -2.39. The highest BCUT2D eigenvalue weighted by atomic mass is 35.5. The minimum atomic E-state index is 0.0751. The van der Waals surface area contributed by atoms with E-state index in [2.05, 4.69) is 4.90 Å². The number of amides is 1. The molecular weight excluding hydrogens is 296 g/mol. The summed E-state index contributed by atoms with van der Waals surface area (Å²) in [5.41, 5.74) is 0.632. The molecule has 1 saturated heterocycles. The Bertz CT molecular complexity index is 504. The molecule has 0 radical (unpaired) electrons. The number of nitrogens with zero attached hydrogens (tertiary/aromatic N) is 2. The monoisotopic (exact) mass is 320 g/mol. The van der Waals surface area contributed by atoms with Crippen molar-refractivity contribution in [2.75, 3.05) is 26.2 Å². The van der Waals surface area contributed by atoms with Crippen LogP contribution in [0.25, 0.3) is 0 Å². The number of hydrogen-bond acceptors (Lipinski definition) is 2. The summed E-state index contributed by atoms with van der Waals surface area (Å²) in [6, 6.07) is 8.09. The van der Waals surface area contributed by atoms with Gasteiger partial charge in [-0.05, 0) is 25.0 Å². The van der Waals surface area contributed by atoms with Gasteiger partial charge in [-0.15, -0.1) is 0 Å². The molecule has 0 N–H and O–H groups in total. The van der Waals surface area contributed by atoms with Crippen molar-refractivity contribution >= 4 is 17.5 Å². The second-order valence-electron chi connectivity index (χ2n) is 6.45. The van der Waals surface area contributed by atoms with Crippen LogP contribution in [0.2, 0.25) is 5.02 Å². The van der Waals surface area contributed by atoms with Crippen LogP contribution in [0.15, 0.2) is 24.3 Å². The first kappa shape index (κ1) is 15.8. The number of carbonyl (C=O) groups excluding carboxylic acids is 1. The number of carbonyl (C=O) groups is 1. The van der Waals surface area contributed by atoms with Crippen molar-refractivity contribution in [2.45, 2.75) is 44.6 Å². The van der Waals surface area contributed by atoms with Crippen LogP contribution < -0.4 is 0 Å². The van der Waals surface area contributed by atoms with E-state index < -0.39 is 0 Å². The summed E-state index contributed by atoms with van der Waals surface area (Å²) >= 11 is 6.15. The maximum atomic E-state index is 12.6. The van der Waals surface area contributed by atoms with Crippen molar-refractivity contribution in [3.63, 3.8) is 0 Å². The van der Waals surface area contributed by atoms with Crippen LogP contribution in [-0.2, 0) is 0 Å². The van der Waals surface area contributed by atoms with Gasteiger partial charge in [-0.1, -0.05) is 49.4 Å². The van der Waals surface area contributed by atoms with Gasteiger partial charge in [0.1, 0.15) is 0 Å². The number of rotatable bonds is 2. The van der Waals surface area contributed by atoms with Crippen molar-refractivity contribution in [3.05, 3.63) is 34.9 Å². The van der Waals surface area contributed by atoms with Crippen LogP contribution in [0.4, 0.5) is 0 Å². The fourth-order valence-corrected chi connectivity index (χ4v) is 3.93. The Hall–Kier alpha value is -1.06. The Morgan fingerprint density at radius 2 is 1.59 bits per heavy atom. The number of halogens is 1. The molecule has 120 valence electrons. The molecule has 1 aliphatic heterocycles. The van der Waals surface area contributed by atoms with Gasteiger partial charge in [0.15, 0.2) is 0 Å². The summed E-state index contributed by atoms with van der Waals surface area (Å²) in [6.07, 6.45) is 8.17. The molecule has 2 aliphatic rings. The molecule has 1 amide bonds. The summed E-state index contributed by atoms with van der Waals surface area (Å²) in [7, 11) is 0. The zero-order valence-corrected chi connectivity index (χ0v) is 13.9. The lowest BCUT2D eigenvalue weighted by molar-refractivity contribution is 0.0552. The third-order valence-corrected chi connectivity index (χ3v) is 5.38. The molecular formula is C18H25ClN2O. The van der Waals surface area contributed by atoms with Gasteiger partial charge in [0.05, 0.1) is 10.6 Å². The van der Waals surface area contributed by atoms with E-state index in [0.717, 1.165) is 32.2 Å². The Morgan fingerprint density at radius 3 is 2.23 bits per heavy atom. The van der Waals surface area contributed by atoms with Crippen LogP contribution >= 0.6 is 11.6 Å². The van der Waals surface area contributed by atoms with E-state index in [1.54, 1.807) is 6.07 Å². The second kappa shape index (κ2) is 7.47. The molecule has 0 bridgehead atoms. The third-order valence-electron chi connectivity index (χ3n) is 5.05. The van der Waals surface area contributed by atoms with Gasteiger partial charge in [0, 0.05) is 32.2 Å². The average molecular weight is 321 g/mol. The van der Waals surface area contributed by atoms with E-state index in [0.29, 0.717) is 10.6 Å². The van der Waals surface area contributed by atoms with Crippen LogP contribution in [0.5, 0.6) is 0 Å². The first-order chi connectivity index (χ1) is 10.8. The topological polar surface area (TPSA) is 23.6 Å². The zero-order valence-electron chi connectivity index (χ0n) is 13.1. The SMILES string of the molecule is O=C(c1ccccc1Cl)N1CCN(C2CCCCCC2)CC1. The first-order valence-corrected chi connectivity index (χ1v) is 8.91. The van der Waals surface area contributed by atoms with E-state index in [1.807, 2.05) is 23.1 Å². The normalized spacial score (nSPS) is 21.6. The van der Waals surface area contributed by atoms with Crippen molar-refractivity contribution in [3.8, 4) is 0 Å². The minimum absolute atomic E-state index is 0.0751. The van der Waals surface area contributed by atoms with Gasteiger partial charge in [0.2, 0.25) is 0 Å². The molecule has 4 heteroatoms. The van der Waals surface area contributed by atoms with E-state index in [4.69, 9.17) is 11.6 Å². The summed E-state index contributed by atoms with van der Waals surface area (Å²) in [4.78, 5) is 17.1. The molecule has 0 atom stereocenters. The van der Waals surface area contributed by atoms with E-state index in [-0.39, 0.29) is 5.91 Å². The highest BCUT2D eigenvalue weighted by Crippen LogP contribution is 2.24. The van der Waals surface area contributed by atoms with Crippen LogP contribution in [0.1, 0.15) is 48.9 Å². The lowest BCUT2D eigenvalue weighted by Crippen LogP contribution is -2.51. The van der Waals surface area contributed by atoms with Crippen molar-refractivity contribution in [1.29, 1.82) is 0 Å². The summed E-state index contributed by atoms with van der Waals surface area (Å²) in [5, 5.41) is 0.554. The molecule has 0 aromatic heterocycles. The van der Waals surface area contributed by atoms with Gasteiger partial charge in [-0.3, -0.25) is 9.69 Å². The van der Waals surface area contributed by atoms with Crippen molar-refractivity contribution in [2.24, 2.45) is 0 Å². The molecule has 1 saturated carbocycles. The standard InChI is InChI=1S/C18H25ClN2O/c19-17-10-6-5-9-16(17)18(22)21-13-11-20(12-14-21)15-7-3-1-2-4-8-15/h5-6,9-10,15H,1-4,7-8,11-14H2. The molecule has 1 aromatic carbocycles. The van der Waals surface area contributed by atoms with Gasteiger partial charge in [-0.2, -0.15) is 0 Å². The molecule has 0 unspecified atom stereocenters. The number of benzene rings is 1. The van der Waals surface area contributed by atoms with Crippen LogP contribution in [0, 0.1) is 0 Å². The quantitative estimate of drug-likeness (QED) is 0.773. The molecule has 3 nitrogen and oxygen atoms in total. The molecule has 22 heavy (non-hydrogen) atoms. The van der Waals surface area contributed by atoms with E-state index in [1.165, 1.54) is 38.5 Å². The van der Waals surface area contributed by atoms with Gasteiger partial charge in [0.25, 0.3) is 5.91 Å².